The zero-order chi connectivity index (χ0) is 26.7. The third kappa shape index (κ3) is 4.35. The largest absolute Gasteiger partial charge is 0.436 e. The molecule has 0 radical (unpaired) electrons. The summed E-state index contributed by atoms with van der Waals surface area (Å²) < 4.78 is 39.2. The zero-order valence-corrected chi connectivity index (χ0v) is 21.6. The van der Waals surface area contributed by atoms with E-state index in [0.29, 0.717) is 33.8 Å². The molecule has 3 aromatic heterocycles. The van der Waals surface area contributed by atoms with Crippen LogP contribution in [0.25, 0.3) is 33.3 Å². The number of nitrogens with one attached hydrogen (secondary N) is 1. The smallest absolute Gasteiger partial charge is 0.281 e. The van der Waals surface area contributed by atoms with Gasteiger partial charge in [0.15, 0.2) is 5.58 Å². The normalized spacial score (nSPS) is 23.8. The fraction of sp³-hybridized carbons (Fsp3) is 0.448. The first kappa shape index (κ1) is 24.5. The SMILES string of the molecule is CN1CC[C@]2(C[C@H]2C(=O)Nc2cc3c(-c4nc5cc(C6CCOCC6)ccc5o4)cnc(C(F)F)c3cn2)C1. The second kappa shape index (κ2) is 9.31. The van der Waals surface area contributed by atoms with Gasteiger partial charge < -0.3 is 19.4 Å². The van der Waals surface area contributed by atoms with Crippen molar-refractivity contribution in [2.75, 3.05) is 38.7 Å². The number of hydrogen-bond donors (Lipinski definition) is 1. The van der Waals surface area contributed by atoms with Crippen molar-refractivity contribution in [1.29, 1.82) is 0 Å². The van der Waals surface area contributed by atoms with Gasteiger partial charge in [-0.15, -0.1) is 0 Å². The molecule has 1 aliphatic carbocycles. The van der Waals surface area contributed by atoms with Gasteiger partial charge in [-0.3, -0.25) is 9.78 Å². The van der Waals surface area contributed by atoms with Crippen molar-refractivity contribution in [3.63, 3.8) is 0 Å². The number of carbonyl (C=O) groups excluding carboxylic acids is 1. The Hall–Kier alpha value is -3.50. The van der Waals surface area contributed by atoms with Gasteiger partial charge in [0.2, 0.25) is 11.8 Å². The van der Waals surface area contributed by atoms with Gasteiger partial charge in [0, 0.05) is 48.8 Å². The number of nitrogens with zero attached hydrogens (tertiary/aromatic N) is 4. The minimum absolute atomic E-state index is 0.0509. The van der Waals surface area contributed by atoms with E-state index in [4.69, 9.17) is 14.1 Å². The molecule has 3 fully saturated rings. The minimum atomic E-state index is -2.78. The van der Waals surface area contributed by atoms with Gasteiger partial charge in [-0.2, -0.15) is 0 Å². The van der Waals surface area contributed by atoms with Gasteiger partial charge in [0.25, 0.3) is 6.43 Å². The van der Waals surface area contributed by atoms with E-state index in [1.165, 1.54) is 18.0 Å². The van der Waals surface area contributed by atoms with E-state index in [9.17, 15) is 13.6 Å². The minimum Gasteiger partial charge on any atom is -0.436 e. The molecule has 1 saturated carbocycles. The van der Waals surface area contributed by atoms with Crippen LogP contribution in [0.2, 0.25) is 0 Å². The number of alkyl halides is 2. The number of benzene rings is 1. The van der Waals surface area contributed by atoms with E-state index in [1.807, 2.05) is 18.2 Å². The average molecular weight is 534 g/mol. The van der Waals surface area contributed by atoms with Crippen molar-refractivity contribution < 1.29 is 22.7 Å². The lowest BCUT2D eigenvalue weighted by Gasteiger charge is -2.22. The van der Waals surface area contributed by atoms with Gasteiger partial charge >= 0.3 is 0 Å². The fourth-order valence-corrected chi connectivity index (χ4v) is 6.40. The number of likely N-dealkylation sites (tertiary alicyclic amines) is 1. The molecule has 2 saturated heterocycles. The number of oxazole rings is 1. The summed E-state index contributed by atoms with van der Waals surface area (Å²) in [5.74, 6) is 0.862. The molecule has 1 spiro atoms. The third-order valence-electron chi connectivity index (χ3n) is 8.68. The Morgan fingerprint density at radius 1 is 1.15 bits per heavy atom. The number of pyridine rings is 2. The Bertz CT molecular complexity index is 1580. The van der Waals surface area contributed by atoms with Gasteiger partial charge in [-0.1, -0.05) is 6.07 Å². The quantitative estimate of drug-likeness (QED) is 0.360. The number of carbonyl (C=O) groups is 1. The van der Waals surface area contributed by atoms with E-state index < -0.39 is 6.43 Å². The van der Waals surface area contributed by atoms with Crippen LogP contribution in [0.1, 0.15) is 49.3 Å². The molecule has 202 valence electrons. The number of rotatable bonds is 5. The number of aromatic nitrogens is 3. The molecular weight excluding hydrogens is 504 g/mol. The topological polar surface area (TPSA) is 93.4 Å². The van der Waals surface area contributed by atoms with Gasteiger partial charge in [0.1, 0.15) is 17.0 Å². The predicted octanol–water partition coefficient (Wildman–Crippen LogP) is 5.55. The van der Waals surface area contributed by atoms with Crippen molar-refractivity contribution >= 4 is 33.6 Å². The van der Waals surface area contributed by atoms with Gasteiger partial charge in [-0.05, 0) is 74.4 Å². The number of anilines is 1. The molecule has 39 heavy (non-hydrogen) atoms. The molecule has 0 bridgehead atoms. The van der Waals surface area contributed by atoms with Crippen LogP contribution in [0.15, 0.2) is 41.1 Å². The molecule has 2 aliphatic heterocycles. The molecule has 10 heteroatoms. The highest BCUT2D eigenvalue weighted by atomic mass is 19.3. The van der Waals surface area contributed by atoms with E-state index in [-0.39, 0.29) is 34.2 Å². The maximum Gasteiger partial charge on any atom is 0.281 e. The van der Waals surface area contributed by atoms with Crippen molar-refractivity contribution in [3.8, 4) is 11.5 Å². The maximum absolute atomic E-state index is 13.8. The van der Waals surface area contributed by atoms with Crippen molar-refractivity contribution in [3.05, 3.63) is 47.9 Å². The molecule has 5 heterocycles. The van der Waals surface area contributed by atoms with Crippen LogP contribution in [-0.4, -0.2) is 59.1 Å². The second-order valence-electron chi connectivity index (χ2n) is 11.2. The highest BCUT2D eigenvalue weighted by molar-refractivity contribution is 6.00. The third-order valence-corrected chi connectivity index (χ3v) is 8.68. The highest BCUT2D eigenvalue weighted by Crippen LogP contribution is 2.58. The van der Waals surface area contributed by atoms with E-state index in [0.717, 1.165) is 52.0 Å². The lowest BCUT2D eigenvalue weighted by atomic mass is 9.91. The number of ether oxygens (including phenoxy) is 1. The van der Waals surface area contributed by atoms with Crippen LogP contribution < -0.4 is 5.32 Å². The summed E-state index contributed by atoms with van der Waals surface area (Å²) in [5, 5.41) is 3.57. The van der Waals surface area contributed by atoms with Crippen LogP contribution in [0.5, 0.6) is 0 Å². The molecule has 0 unspecified atom stereocenters. The number of fused-ring (bicyclic) bond motifs is 2. The molecule has 1 N–H and O–H groups in total. The van der Waals surface area contributed by atoms with Crippen molar-refractivity contribution in [2.45, 2.75) is 38.0 Å². The molecule has 1 aromatic carbocycles. The Morgan fingerprint density at radius 2 is 2.00 bits per heavy atom. The monoisotopic (exact) mass is 533 g/mol. The van der Waals surface area contributed by atoms with E-state index in [1.54, 1.807) is 6.07 Å². The summed E-state index contributed by atoms with van der Waals surface area (Å²) in [6.45, 7) is 3.39. The molecule has 8 nitrogen and oxygen atoms in total. The molecule has 7 rings (SSSR count). The maximum atomic E-state index is 13.8. The van der Waals surface area contributed by atoms with Gasteiger partial charge in [0.05, 0.1) is 5.56 Å². The Kier molecular flexibility index (Phi) is 5.85. The fourth-order valence-electron chi connectivity index (χ4n) is 6.40. The van der Waals surface area contributed by atoms with Gasteiger partial charge in [-0.25, -0.2) is 18.7 Å². The lowest BCUT2D eigenvalue weighted by molar-refractivity contribution is -0.118. The first-order valence-electron chi connectivity index (χ1n) is 13.4. The zero-order valence-electron chi connectivity index (χ0n) is 21.6. The van der Waals surface area contributed by atoms with Crippen molar-refractivity contribution in [2.24, 2.45) is 11.3 Å². The Balaban J connectivity index is 1.23. The Labute approximate surface area is 223 Å². The Morgan fingerprint density at radius 3 is 2.77 bits per heavy atom. The first-order chi connectivity index (χ1) is 18.9. The highest BCUT2D eigenvalue weighted by Gasteiger charge is 2.60. The summed E-state index contributed by atoms with van der Waals surface area (Å²) in [6.07, 6.45) is 3.72. The van der Waals surface area contributed by atoms with Crippen molar-refractivity contribution in [1.82, 2.24) is 19.9 Å². The molecular formula is C29H29F2N5O3. The predicted molar refractivity (Wildman–Crippen MR) is 142 cm³/mol. The summed E-state index contributed by atoms with van der Waals surface area (Å²) in [6, 6.07) is 7.60. The number of halogens is 2. The van der Waals surface area contributed by atoms with Crippen LogP contribution in [0.3, 0.4) is 0 Å². The summed E-state index contributed by atoms with van der Waals surface area (Å²) in [5.41, 5.74) is 2.64. The molecule has 3 aliphatic rings. The second-order valence-corrected chi connectivity index (χ2v) is 11.2. The number of amides is 1. The first-order valence-corrected chi connectivity index (χ1v) is 13.4. The van der Waals surface area contributed by atoms with Crippen LogP contribution >= 0.6 is 0 Å². The average Bonchev–Trinajstić information content (AvgIpc) is 3.27. The van der Waals surface area contributed by atoms with E-state index >= 15 is 0 Å². The molecule has 1 amide bonds. The lowest BCUT2D eigenvalue weighted by Crippen LogP contribution is -2.21. The van der Waals surface area contributed by atoms with Crippen LogP contribution in [0, 0.1) is 11.3 Å². The van der Waals surface area contributed by atoms with Crippen LogP contribution in [-0.2, 0) is 9.53 Å². The summed E-state index contributed by atoms with van der Waals surface area (Å²) in [7, 11) is 2.07. The standard InChI is InChI=1S/C29H29F2N5O3/c1-36-7-6-29(15-36)12-21(29)27(37)35-24-11-18-19(13-32-24)25(26(30)31)33-14-20(18)28-34-22-10-17(2-3-23(22)39-28)16-4-8-38-9-5-16/h2-3,10-11,13-14,16,21,26H,4-9,12,15H2,1H3,(H,32,35,37)/t21-,29-/m0/s1. The molecule has 4 aromatic rings. The summed E-state index contributed by atoms with van der Waals surface area (Å²) in [4.78, 5) is 28.3. The number of hydrogen-bond acceptors (Lipinski definition) is 7. The van der Waals surface area contributed by atoms with Crippen LogP contribution in [0.4, 0.5) is 14.6 Å². The van der Waals surface area contributed by atoms with E-state index in [2.05, 4.69) is 27.2 Å². The molecule has 2 atom stereocenters. The summed E-state index contributed by atoms with van der Waals surface area (Å²) >= 11 is 0.